The molecule has 2 rings (SSSR count). The van der Waals surface area contributed by atoms with Crippen molar-refractivity contribution < 1.29 is 4.74 Å². The summed E-state index contributed by atoms with van der Waals surface area (Å²) in [5.74, 6) is 0.741. The van der Waals surface area contributed by atoms with Crippen molar-refractivity contribution in [1.29, 1.82) is 0 Å². The third kappa shape index (κ3) is 2.47. The molecule has 0 atom stereocenters. The van der Waals surface area contributed by atoms with Gasteiger partial charge in [-0.2, -0.15) is 0 Å². The van der Waals surface area contributed by atoms with E-state index in [0.29, 0.717) is 0 Å². The van der Waals surface area contributed by atoms with Crippen LogP contribution in [0.1, 0.15) is 19.9 Å². The summed E-state index contributed by atoms with van der Waals surface area (Å²) in [4.78, 5) is 12.2. The maximum absolute atomic E-state index is 12.2. The molecule has 0 saturated heterocycles. The lowest BCUT2D eigenvalue weighted by atomic mass is 10.0. The van der Waals surface area contributed by atoms with E-state index in [-0.39, 0.29) is 17.3 Å². The number of nitrogens with two attached hydrogens (primary N) is 1. The maximum Gasteiger partial charge on any atom is 0.274 e. The van der Waals surface area contributed by atoms with Gasteiger partial charge in [0.2, 0.25) is 0 Å². The van der Waals surface area contributed by atoms with Crippen molar-refractivity contribution in [3.05, 3.63) is 46.9 Å². The number of methoxy groups -OCH3 is 1. The van der Waals surface area contributed by atoms with Crippen molar-refractivity contribution in [2.75, 3.05) is 12.8 Å². The van der Waals surface area contributed by atoms with Crippen LogP contribution in [0.3, 0.4) is 0 Å². The average Bonchev–Trinajstić information content (AvgIpc) is 2.41. The molecule has 0 radical (unpaired) electrons. The molecule has 4 heteroatoms. The lowest BCUT2D eigenvalue weighted by molar-refractivity contribution is 0.415. The van der Waals surface area contributed by atoms with Crippen LogP contribution in [0.25, 0.3) is 11.1 Å². The molecule has 0 unspecified atom stereocenters. The molecule has 1 heterocycles. The minimum atomic E-state index is -0.157. The van der Waals surface area contributed by atoms with Crippen molar-refractivity contribution in [3.8, 4) is 16.9 Å². The van der Waals surface area contributed by atoms with Crippen LogP contribution >= 0.6 is 0 Å². The topological polar surface area (TPSA) is 57.2 Å². The fraction of sp³-hybridized carbons (Fsp3) is 0.267. The minimum Gasteiger partial charge on any atom is -0.497 e. The Morgan fingerprint density at radius 2 is 2.00 bits per heavy atom. The first kappa shape index (κ1) is 13.2. The summed E-state index contributed by atoms with van der Waals surface area (Å²) >= 11 is 0. The first-order chi connectivity index (χ1) is 9.04. The van der Waals surface area contributed by atoms with Crippen LogP contribution in [0, 0.1) is 0 Å². The molecule has 0 amide bonds. The Balaban J connectivity index is 2.57. The van der Waals surface area contributed by atoms with Gasteiger partial charge in [0.15, 0.2) is 0 Å². The van der Waals surface area contributed by atoms with Crippen molar-refractivity contribution >= 4 is 5.69 Å². The number of ether oxygens (including phenoxy) is 1. The zero-order valence-corrected chi connectivity index (χ0v) is 11.4. The van der Waals surface area contributed by atoms with Gasteiger partial charge < -0.3 is 15.0 Å². The molecule has 0 saturated carbocycles. The van der Waals surface area contributed by atoms with Gasteiger partial charge in [0, 0.05) is 17.8 Å². The van der Waals surface area contributed by atoms with Gasteiger partial charge >= 0.3 is 0 Å². The molecule has 1 aromatic carbocycles. The van der Waals surface area contributed by atoms with Gasteiger partial charge in [0.25, 0.3) is 5.56 Å². The number of rotatable bonds is 3. The van der Waals surface area contributed by atoms with E-state index in [0.717, 1.165) is 16.9 Å². The van der Waals surface area contributed by atoms with E-state index in [1.165, 1.54) is 0 Å². The standard InChI is InChI=1S/C15H18N2O2/c1-10(2)17-8-7-13(14(16)15(17)18)11-5-4-6-12(9-11)19-3/h4-10H,16H2,1-3H3. The third-order valence-electron chi connectivity index (χ3n) is 3.09. The van der Waals surface area contributed by atoms with Gasteiger partial charge in [-0.25, -0.2) is 0 Å². The zero-order valence-electron chi connectivity index (χ0n) is 11.4. The summed E-state index contributed by atoms with van der Waals surface area (Å²) in [6, 6.07) is 9.47. The maximum atomic E-state index is 12.2. The number of aromatic nitrogens is 1. The number of hydrogen-bond acceptors (Lipinski definition) is 3. The highest BCUT2D eigenvalue weighted by molar-refractivity contribution is 5.76. The van der Waals surface area contributed by atoms with Crippen molar-refractivity contribution in [2.24, 2.45) is 0 Å². The predicted molar refractivity (Wildman–Crippen MR) is 77.5 cm³/mol. The van der Waals surface area contributed by atoms with Gasteiger partial charge in [0.05, 0.1) is 7.11 Å². The number of pyridine rings is 1. The number of nitrogen functional groups attached to an aromatic ring is 1. The van der Waals surface area contributed by atoms with Crippen molar-refractivity contribution in [2.45, 2.75) is 19.9 Å². The van der Waals surface area contributed by atoms with Crippen LogP contribution in [-0.2, 0) is 0 Å². The van der Waals surface area contributed by atoms with E-state index in [9.17, 15) is 4.79 Å². The summed E-state index contributed by atoms with van der Waals surface area (Å²) in [7, 11) is 1.61. The first-order valence-corrected chi connectivity index (χ1v) is 6.19. The predicted octanol–water partition coefficient (Wildman–Crippen LogP) is 2.69. The molecule has 0 aliphatic rings. The smallest absolute Gasteiger partial charge is 0.274 e. The molecule has 0 spiro atoms. The van der Waals surface area contributed by atoms with E-state index in [4.69, 9.17) is 10.5 Å². The number of hydrogen-bond donors (Lipinski definition) is 1. The Morgan fingerprint density at radius 1 is 1.26 bits per heavy atom. The molecule has 1 aromatic heterocycles. The van der Waals surface area contributed by atoms with Gasteiger partial charge in [-0.1, -0.05) is 12.1 Å². The minimum absolute atomic E-state index is 0.0918. The summed E-state index contributed by atoms with van der Waals surface area (Å²) in [6.07, 6.45) is 1.78. The van der Waals surface area contributed by atoms with Gasteiger partial charge in [-0.05, 0) is 37.6 Å². The Kier molecular flexibility index (Phi) is 3.60. The second-order valence-electron chi connectivity index (χ2n) is 4.68. The Bertz CT molecular complexity index is 645. The summed E-state index contributed by atoms with van der Waals surface area (Å²) in [5.41, 5.74) is 7.70. The first-order valence-electron chi connectivity index (χ1n) is 6.19. The SMILES string of the molecule is COc1cccc(-c2ccn(C(C)C)c(=O)c2N)c1. The lowest BCUT2D eigenvalue weighted by Gasteiger charge is -2.13. The van der Waals surface area contributed by atoms with E-state index < -0.39 is 0 Å². The second kappa shape index (κ2) is 5.18. The van der Waals surface area contributed by atoms with E-state index >= 15 is 0 Å². The molecule has 2 N–H and O–H groups in total. The van der Waals surface area contributed by atoms with E-state index in [1.807, 2.05) is 44.2 Å². The largest absolute Gasteiger partial charge is 0.497 e. The molecule has 4 nitrogen and oxygen atoms in total. The summed E-state index contributed by atoms with van der Waals surface area (Å²) in [6.45, 7) is 3.90. The van der Waals surface area contributed by atoms with Gasteiger partial charge in [-0.3, -0.25) is 4.79 Å². The zero-order chi connectivity index (χ0) is 14.0. The van der Waals surface area contributed by atoms with E-state index in [1.54, 1.807) is 17.9 Å². The van der Waals surface area contributed by atoms with Gasteiger partial charge in [0.1, 0.15) is 11.4 Å². The normalized spacial score (nSPS) is 10.7. The molecule has 0 fully saturated rings. The highest BCUT2D eigenvalue weighted by Gasteiger charge is 2.10. The van der Waals surface area contributed by atoms with Crippen LogP contribution in [0.2, 0.25) is 0 Å². The second-order valence-corrected chi connectivity index (χ2v) is 4.68. The molecule has 0 bridgehead atoms. The Hall–Kier alpha value is -2.23. The number of benzene rings is 1. The van der Waals surface area contributed by atoms with Crippen LogP contribution in [-0.4, -0.2) is 11.7 Å². The highest BCUT2D eigenvalue weighted by atomic mass is 16.5. The highest BCUT2D eigenvalue weighted by Crippen LogP contribution is 2.26. The Morgan fingerprint density at radius 3 is 2.63 bits per heavy atom. The summed E-state index contributed by atoms with van der Waals surface area (Å²) < 4.78 is 6.81. The molecule has 0 aliphatic heterocycles. The molecule has 100 valence electrons. The molecule has 0 aliphatic carbocycles. The number of nitrogens with zero attached hydrogens (tertiary/aromatic N) is 1. The van der Waals surface area contributed by atoms with Gasteiger partial charge in [-0.15, -0.1) is 0 Å². The quantitative estimate of drug-likeness (QED) is 0.920. The van der Waals surface area contributed by atoms with Crippen molar-refractivity contribution in [3.63, 3.8) is 0 Å². The van der Waals surface area contributed by atoms with E-state index in [2.05, 4.69) is 0 Å². The number of anilines is 1. The fourth-order valence-electron chi connectivity index (χ4n) is 2.02. The van der Waals surface area contributed by atoms with Crippen LogP contribution in [0.15, 0.2) is 41.3 Å². The lowest BCUT2D eigenvalue weighted by Crippen LogP contribution is -2.24. The Labute approximate surface area is 112 Å². The van der Waals surface area contributed by atoms with Crippen molar-refractivity contribution in [1.82, 2.24) is 4.57 Å². The average molecular weight is 258 g/mol. The summed E-state index contributed by atoms with van der Waals surface area (Å²) in [5, 5.41) is 0. The third-order valence-corrected chi connectivity index (χ3v) is 3.09. The molecule has 19 heavy (non-hydrogen) atoms. The molecular formula is C15H18N2O2. The van der Waals surface area contributed by atoms with Crippen LogP contribution < -0.4 is 16.0 Å². The fourth-order valence-corrected chi connectivity index (χ4v) is 2.02. The molecule has 2 aromatic rings. The van der Waals surface area contributed by atoms with Crippen LogP contribution in [0.4, 0.5) is 5.69 Å². The monoisotopic (exact) mass is 258 g/mol. The van der Waals surface area contributed by atoms with Crippen LogP contribution in [0.5, 0.6) is 5.75 Å². The molecular weight excluding hydrogens is 240 g/mol.